The van der Waals surface area contributed by atoms with Gasteiger partial charge in [0.15, 0.2) is 12.1 Å². The van der Waals surface area contributed by atoms with Crippen LogP contribution in [-0.2, 0) is 0 Å². The molecular formula is C42H30N4O. The van der Waals surface area contributed by atoms with Gasteiger partial charge in [0.2, 0.25) is 0 Å². The van der Waals surface area contributed by atoms with Crippen molar-refractivity contribution in [1.29, 1.82) is 0 Å². The van der Waals surface area contributed by atoms with E-state index >= 15 is 0 Å². The maximum absolute atomic E-state index is 6.36. The van der Waals surface area contributed by atoms with Crippen LogP contribution in [0.4, 0.5) is 5.69 Å². The average molecular weight is 607 g/mol. The second-order valence-electron chi connectivity index (χ2n) is 11.9. The van der Waals surface area contributed by atoms with Crippen LogP contribution in [0.3, 0.4) is 0 Å². The summed E-state index contributed by atoms with van der Waals surface area (Å²) < 4.78 is 6.36. The van der Waals surface area contributed by atoms with E-state index < -0.39 is 0 Å². The van der Waals surface area contributed by atoms with E-state index in [1.165, 1.54) is 10.9 Å². The van der Waals surface area contributed by atoms with Gasteiger partial charge in [-0.2, -0.15) is 0 Å². The van der Waals surface area contributed by atoms with Gasteiger partial charge in [-0.25, -0.2) is 9.98 Å². The zero-order valence-electron chi connectivity index (χ0n) is 25.5. The molecule has 7 aromatic rings. The Morgan fingerprint density at radius 2 is 1.19 bits per heavy atom. The molecule has 0 radical (unpaired) electrons. The zero-order valence-corrected chi connectivity index (χ0v) is 25.5. The molecule has 0 saturated heterocycles. The molecule has 9 rings (SSSR count). The lowest BCUT2D eigenvalue weighted by Gasteiger charge is -2.24. The Labute approximate surface area is 272 Å². The topological polar surface area (TPSA) is 58.0 Å². The molecule has 0 bridgehead atoms. The van der Waals surface area contributed by atoms with E-state index in [1.807, 2.05) is 42.5 Å². The van der Waals surface area contributed by atoms with Crippen LogP contribution in [0.25, 0.3) is 32.7 Å². The van der Waals surface area contributed by atoms with Crippen LogP contribution >= 0.6 is 0 Å². The summed E-state index contributed by atoms with van der Waals surface area (Å²) in [4.78, 5) is 10.2. The van der Waals surface area contributed by atoms with Gasteiger partial charge in [-0.15, -0.1) is 0 Å². The summed E-state index contributed by atoms with van der Waals surface area (Å²) in [7, 11) is 0. The number of benzene rings is 7. The Hall–Kier alpha value is -6.20. The number of ether oxygens (including phenoxy) is 1. The molecule has 2 aliphatic rings. The number of amidine groups is 2. The van der Waals surface area contributed by atoms with Crippen LogP contribution in [0.2, 0.25) is 0 Å². The van der Waals surface area contributed by atoms with Crippen molar-refractivity contribution < 1.29 is 4.74 Å². The summed E-state index contributed by atoms with van der Waals surface area (Å²) in [5.74, 6) is 2.37. The van der Waals surface area contributed by atoms with Gasteiger partial charge in [0, 0.05) is 22.1 Å². The van der Waals surface area contributed by atoms with Gasteiger partial charge < -0.3 is 15.4 Å². The van der Waals surface area contributed by atoms with Crippen molar-refractivity contribution in [3.63, 3.8) is 0 Å². The number of nitrogens with zero attached hydrogens (tertiary/aromatic N) is 2. The number of rotatable bonds is 5. The number of hydrogen-bond donors (Lipinski definition) is 2. The average Bonchev–Trinajstić information content (AvgIpc) is 3.60. The van der Waals surface area contributed by atoms with Crippen LogP contribution in [-0.4, -0.2) is 11.7 Å². The minimum Gasteiger partial charge on any atom is -0.464 e. The van der Waals surface area contributed by atoms with E-state index in [1.54, 1.807) is 0 Å². The van der Waals surface area contributed by atoms with Gasteiger partial charge in [0.1, 0.15) is 17.8 Å². The molecule has 5 nitrogen and oxygen atoms in total. The Balaban J connectivity index is 1.11. The zero-order chi connectivity index (χ0) is 31.2. The largest absolute Gasteiger partial charge is 0.464 e. The van der Waals surface area contributed by atoms with Gasteiger partial charge in [-0.3, -0.25) is 0 Å². The fraction of sp³-hybridized carbons (Fsp3) is 0.0476. The van der Waals surface area contributed by atoms with E-state index in [0.717, 1.165) is 61.2 Å². The van der Waals surface area contributed by atoms with E-state index in [-0.39, 0.29) is 12.4 Å². The maximum atomic E-state index is 6.36. The SMILES string of the molecule is c1ccc(C2=NC(c3cccc(-c4ccccc4)c3)NC(c3ccc4c(ccc5ccc6c(c54)NC(c4ccccc4)O6)c3)=N2)cc1. The van der Waals surface area contributed by atoms with Gasteiger partial charge >= 0.3 is 0 Å². The molecule has 224 valence electrons. The molecular weight excluding hydrogens is 576 g/mol. The molecule has 0 aromatic heterocycles. The fourth-order valence-electron chi connectivity index (χ4n) is 6.59. The van der Waals surface area contributed by atoms with Crippen molar-refractivity contribution in [3.05, 3.63) is 180 Å². The molecule has 0 aliphatic carbocycles. The third kappa shape index (κ3) is 4.99. The predicted octanol–water partition coefficient (Wildman–Crippen LogP) is 9.66. The first kappa shape index (κ1) is 27.1. The van der Waals surface area contributed by atoms with Crippen LogP contribution < -0.4 is 15.4 Å². The molecule has 47 heavy (non-hydrogen) atoms. The number of nitrogens with one attached hydrogen (secondary N) is 2. The summed E-state index contributed by atoms with van der Waals surface area (Å²) in [6.45, 7) is 0. The molecule has 7 aromatic carbocycles. The quantitative estimate of drug-likeness (QED) is 0.192. The van der Waals surface area contributed by atoms with E-state index in [2.05, 4.69) is 126 Å². The minimum atomic E-state index is -0.298. The monoisotopic (exact) mass is 606 g/mol. The highest BCUT2D eigenvalue weighted by molar-refractivity contribution is 6.18. The first-order valence-electron chi connectivity index (χ1n) is 15.9. The van der Waals surface area contributed by atoms with Crippen molar-refractivity contribution in [2.75, 3.05) is 5.32 Å². The Kier molecular flexibility index (Phi) is 6.53. The summed E-state index contributed by atoms with van der Waals surface area (Å²) in [5, 5.41) is 11.9. The van der Waals surface area contributed by atoms with Gasteiger partial charge in [-0.1, -0.05) is 140 Å². The highest BCUT2D eigenvalue weighted by atomic mass is 16.5. The summed E-state index contributed by atoms with van der Waals surface area (Å²) in [6.07, 6.45) is -0.520. The van der Waals surface area contributed by atoms with Gasteiger partial charge in [0.25, 0.3) is 0 Å². The number of fused-ring (bicyclic) bond motifs is 5. The Bertz CT molecular complexity index is 2330. The normalized spacial score (nSPS) is 16.9. The third-order valence-electron chi connectivity index (χ3n) is 8.94. The lowest BCUT2D eigenvalue weighted by atomic mass is 9.97. The molecule has 2 heterocycles. The summed E-state index contributed by atoms with van der Waals surface area (Å²) >= 11 is 0. The predicted molar refractivity (Wildman–Crippen MR) is 192 cm³/mol. The Morgan fingerprint density at radius 1 is 0.511 bits per heavy atom. The Morgan fingerprint density at radius 3 is 2.00 bits per heavy atom. The van der Waals surface area contributed by atoms with Gasteiger partial charge in [0.05, 0.1) is 5.69 Å². The molecule has 2 aliphatic heterocycles. The fourth-order valence-corrected chi connectivity index (χ4v) is 6.59. The molecule has 0 spiro atoms. The smallest absolute Gasteiger partial charge is 0.196 e. The second-order valence-corrected chi connectivity index (χ2v) is 11.9. The minimum absolute atomic E-state index is 0.222. The summed E-state index contributed by atoms with van der Waals surface area (Å²) in [5.41, 5.74) is 7.52. The number of anilines is 1. The van der Waals surface area contributed by atoms with Crippen LogP contribution in [0.5, 0.6) is 5.75 Å². The van der Waals surface area contributed by atoms with Gasteiger partial charge in [-0.05, 0) is 51.0 Å². The third-order valence-corrected chi connectivity index (χ3v) is 8.94. The molecule has 5 heteroatoms. The molecule has 2 atom stereocenters. The highest BCUT2D eigenvalue weighted by Gasteiger charge is 2.26. The standard InChI is InChI=1S/C42H30N4O/c1-4-11-27(12-5-1)31-17-10-18-33(25-31)40-44-39(29-13-6-2-7-14-29)45-41(46-40)34-21-23-35-32(26-34)20-19-28-22-24-36-38(37(28)35)43-42(47-36)30-15-8-3-9-16-30/h1-26,40,42-43H,(H,44,45,46). The molecule has 2 N–H and O–H groups in total. The lowest BCUT2D eigenvalue weighted by Crippen LogP contribution is -2.33. The van der Waals surface area contributed by atoms with Crippen LogP contribution in [0, 0.1) is 0 Å². The first-order chi connectivity index (χ1) is 23.3. The maximum Gasteiger partial charge on any atom is 0.196 e. The molecule has 0 amide bonds. The second kappa shape index (κ2) is 11.3. The van der Waals surface area contributed by atoms with Crippen molar-refractivity contribution in [1.82, 2.24) is 5.32 Å². The van der Waals surface area contributed by atoms with Crippen LogP contribution in [0.1, 0.15) is 34.6 Å². The van der Waals surface area contributed by atoms with Crippen LogP contribution in [0.15, 0.2) is 168 Å². The van der Waals surface area contributed by atoms with Crippen molar-refractivity contribution in [3.8, 4) is 16.9 Å². The highest BCUT2D eigenvalue weighted by Crippen LogP contribution is 2.45. The van der Waals surface area contributed by atoms with E-state index in [0.29, 0.717) is 5.84 Å². The van der Waals surface area contributed by atoms with Crippen molar-refractivity contribution in [2.45, 2.75) is 12.4 Å². The molecule has 0 saturated carbocycles. The number of hydrogen-bond acceptors (Lipinski definition) is 5. The van der Waals surface area contributed by atoms with Crippen molar-refractivity contribution >= 4 is 38.9 Å². The lowest BCUT2D eigenvalue weighted by molar-refractivity contribution is 0.260. The molecule has 0 fully saturated rings. The van der Waals surface area contributed by atoms with Crippen molar-refractivity contribution in [2.24, 2.45) is 9.98 Å². The first-order valence-corrected chi connectivity index (χ1v) is 15.9. The number of aliphatic imine (C=N–C) groups is 2. The van der Waals surface area contributed by atoms with E-state index in [9.17, 15) is 0 Å². The van der Waals surface area contributed by atoms with E-state index in [4.69, 9.17) is 14.7 Å². The summed E-state index contributed by atoms with van der Waals surface area (Å²) in [6, 6.07) is 54.7. The molecule has 2 unspecified atom stereocenters.